The average Bonchev–Trinajstić information content (AvgIpc) is 3.31. The van der Waals surface area contributed by atoms with Crippen molar-refractivity contribution in [2.75, 3.05) is 47.9 Å². The van der Waals surface area contributed by atoms with Crippen molar-refractivity contribution in [2.45, 2.75) is 11.3 Å². The summed E-state index contributed by atoms with van der Waals surface area (Å²) in [5, 5.41) is 14.7. The summed E-state index contributed by atoms with van der Waals surface area (Å²) in [6.07, 6.45) is 0. The van der Waals surface area contributed by atoms with Crippen LogP contribution in [-0.2, 0) is 9.84 Å². The van der Waals surface area contributed by atoms with Gasteiger partial charge >= 0.3 is 0 Å². The van der Waals surface area contributed by atoms with Crippen molar-refractivity contribution in [3.05, 3.63) is 64.2 Å². The highest BCUT2D eigenvalue weighted by Crippen LogP contribution is 2.34. The summed E-state index contributed by atoms with van der Waals surface area (Å²) >= 11 is 1.46. The molecule has 3 aliphatic heterocycles. The molecule has 0 radical (unpaired) electrons. The second kappa shape index (κ2) is 8.91. The molecule has 178 valence electrons. The predicted octanol–water partition coefficient (Wildman–Crippen LogP) is 2.24. The van der Waals surface area contributed by atoms with E-state index >= 15 is 0 Å². The van der Waals surface area contributed by atoms with Gasteiger partial charge in [0.2, 0.25) is 0 Å². The number of anilines is 2. The average molecular weight is 502 g/mol. The zero-order valence-electron chi connectivity index (χ0n) is 18.2. The number of aliphatic imine (C=N–C) groups is 1. The van der Waals surface area contributed by atoms with E-state index in [2.05, 4.69) is 15.2 Å². The van der Waals surface area contributed by atoms with E-state index in [9.17, 15) is 23.3 Å². The first kappa shape index (κ1) is 22.7. The van der Waals surface area contributed by atoms with Gasteiger partial charge in [-0.3, -0.25) is 19.9 Å². The number of amidine groups is 1. The maximum Gasteiger partial charge on any atom is 0.269 e. The van der Waals surface area contributed by atoms with Gasteiger partial charge in [-0.2, -0.15) is 0 Å². The molecule has 2 atom stereocenters. The van der Waals surface area contributed by atoms with Crippen LogP contribution in [0, 0.1) is 10.1 Å². The number of rotatable bonds is 4. The molecule has 2 fully saturated rings. The van der Waals surface area contributed by atoms with Crippen LogP contribution >= 0.6 is 11.8 Å². The van der Waals surface area contributed by atoms with E-state index in [1.807, 2.05) is 17.0 Å². The van der Waals surface area contributed by atoms with Crippen molar-refractivity contribution in [1.29, 1.82) is 0 Å². The van der Waals surface area contributed by atoms with Crippen LogP contribution in [0.2, 0.25) is 0 Å². The van der Waals surface area contributed by atoms with Gasteiger partial charge in [0.1, 0.15) is 0 Å². The zero-order valence-corrected chi connectivity index (χ0v) is 19.8. The van der Waals surface area contributed by atoms with Gasteiger partial charge in [0.25, 0.3) is 11.6 Å². The summed E-state index contributed by atoms with van der Waals surface area (Å²) in [7, 11) is -2.98. The molecule has 0 aliphatic carbocycles. The van der Waals surface area contributed by atoms with Crippen molar-refractivity contribution < 1.29 is 18.1 Å². The number of carbonyl (C=O) groups excluding carboxylic acids is 1. The van der Waals surface area contributed by atoms with Crippen molar-refractivity contribution in [2.24, 2.45) is 4.99 Å². The number of carbonyl (C=O) groups is 1. The summed E-state index contributed by atoms with van der Waals surface area (Å²) in [4.78, 5) is 31.8. The van der Waals surface area contributed by atoms with Gasteiger partial charge in [-0.1, -0.05) is 11.8 Å². The van der Waals surface area contributed by atoms with E-state index in [1.165, 1.54) is 23.9 Å². The number of nitro groups is 1. The quantitative estimate of drug-likeness (QED) is 0.500. The van der Waals surface area contributed by atoms with E-state index in [4.69, 9.17) is 0 Å². The monoisotopic (exact) mass is 501 g/mol. The predicted molar refractivity (Wildman–Crippen MR) is 133 cm³/mol. The number of amides is 1. The Morgan fingerprint density at radius 3 is 2.32 bits per heavy atom. The van der Waals surface area contributed by atoms with E-state index in [0.29, 0.717) is 36.9 Å². The highest BCUT2D eigenvalue weighted by Gasteiger charge is 2.42. The highest BCUT2D eigenvalue weighted by molar-refractivity contribution is 8.15. The van der Waals surface area contributed by atoms with Crippen molar-refractivity contribution in [3.63, 3.8) is 0 Å². The minimum Gasteiger partial charge on any atom is -0.368 e. The molecular formula is C22H23N5O5S2. The fourth-order valence-corrected chi connectivity index (χ4v) is 8.05. The highest BCUT2D eigenvalue weighted by atomic mass is 32.2. The molecule has 1 N–H and O–H groups in total. The molecule has 1 amide bonds. The number of fused-ring (bicyclic) bond motifs is 1. The third-order valence-electron chi connectivity index (χ3n) is 6.19. The van der Waals surface area contributed by atoms with Gasteiger partial charge in [0.05, 0.1) is 22.5 Å². The molecule has 0 bridgehead atoms. The minimum absolute atomic E-state index is 0.0157. The van der Waals surface area contributed by atoms with Crippen LogP contribution in [0.5, 0.6) is 0 Å². The topological polar surface area (TPSA) is 125 Å². The van der Waals surface area contributed by atoms with Crippen LogP contribution in [0.15, 0.2) is 53.5 Å². The minimum atomic E-state index is -2.98. The van der Waals surface area contributed by atoms with Crippen LogP contribution in [0.3, 0.4) is 0 Å². The maximum absolute atomic E-state index is 12.9. The van der Waals surface area contributed by atoms with E-state index in [0.717, 1.165) is 11.4 Å². The number of nitrogens with one attached hydrogen (secondary N) is 1. The molecular weight excluding hydrogens is 478 g/mol. The Morgan fingerprint density at radius 1 is 1.03 bits per heavy atom. The number of hydrogen-bond donors (Lipinski definition) is 1. The fraction of sp³-hybridized carbons (Fsp3) is 0.364. The van der Waals surface area contributed by atoms with E-state index in [1.54, 1.807) is 24.3 Å². The number of hydrogen-bond acceptors (Lipinski definition) is 9. The summed E-state index contributed by atoms with van der Waals surface area (Å²) < 4.78 is 23.4. The first-order valence-electron chi connectivity index (χ1n) is 10.9. The Hall–Kier alpha value is -3.12. The lowest BCUT2D eigenvalue weighted by molar-refractivity contribution is -0.384. The summed E-state index contributed by atoms with van der Waals surface area (Å²) in [6.45, 7) is 2.43. The zero-order chi connectivity index (χ0) is 23.9. The van der Waals surface area contributed by atoms with Crippen molar-refractivity contribution in [3.8, 4) is 0 Å². The molecule has 0 aromatic heterocycles. The Bertz CT molecular complexity index is 1240. The molecule has 0 unspecified atom stereocenters. The van der Waals surface area contributed by atoms with Gasteiger partial charge in [0.15, 0.2) is 15.0 Å². The molecule has 0 spiro atoms. The molecule has 10 nitrogen and oxygen atoms in total. The Balaban J connectivity index is 1.15. The first-order chi connectivity index (χ1) is 16.3. The smallest absolute Gasteiger partial charge is 0.269 e. The summed E-state index contributed by atoms with van der Waals surface area (Å²) in [5.41, 5.74) is 2.36. The molecule has 0 saturated carbocycles. The van der Waals surface area contributed by atoms with Crippen LogP contribution < -0.4 is 10.2 Å². The van der Waals surface area contributed by atoms with Gasteiger partial charge in [-0.25, -0.2) is 8.42 Å². The molecule has 3 heterocycles. The Labute approximate surface area is 201 Å². The molecule has 12 heteroatoms. The third-order valence-corrected chi connectivity index (χ3v) is 9.34. The van der Waals surface area contributed by atoms with Gasteiger partial charge in [-0.15, -0.1) is 0 Å². The second-order valence-electron chi connectivity index (χ2n) is 8.49. The summed E-state index contributed by atoms with van der Waals surface area (Å²) in [6, 6.07) is 13.5. The molecule has 2 aromatic carbocycles. The van der Waals surface area contributed by atoms with Crippen LogP contribution in [0.1, 0.15) is 10.4 Å². The molecule has 5 rings (SSSR count). The number of piperazine rings is 1. The molecule has 2 aromatic rings. The van der Waals surface area contributed by atoms with Gasteiger partial charge in [0, 0.05) is 60.5 Å². The number of non-ortho nitro benzene ring substituents is 1. The number of nitrogens with zero attached hydrogens (tertiary/aromatic N) is 4. The van der Waals surface area contributed by atoms with Crippen molar-refractivity contribution >= 4 is 49.7 Å². The number of sulfone groups is 1. The number of benzene rings is 2. The Morgan fingerprint density at radius 2 is 1.71 bits per heavy atom. The third kappa shape index (κ3) is 4.73. The SMILES string of the molecule is O=C(c1ccc(NC2=N[C@H]3CS(=O)(=O)C[C@@H]3S2)cc1)N1CCN(c2ccc([N+](=O)[O-])cc2)CC1. The van der Waals surface area contributed by atoms with Crippen LogP contribution in [0.25, 0.3) is 0 Å². The lowest BCUT2D eigenvalue weighted by Gasteiger charge is -2.36. The maximum atomic E-state index is 12.9. The normalized spacial score (nSPS) is 23.4. The molecule has 34 heavy (non-hydrogen) atoms. The van der Waals surface area contributed by atoms with Gasteiger partial charge < -0.3 is 15.1 Å². The largest absolute Gasteiger partial charge is 0.368 e. The lowest BCUT2D eigenvalue weighted by Crippen LogP contribution is -2.48. The second-order valence-corrected chi connectivity index (χ2v) is 11.9. The summed E-state index contributed by atoms with van der Waals surface area (Å²) in [5.74, 6) is 0.241. The van der Waals surface area contributed by atoms with Crippen LogP contribution in [-0.4, -0.2) is 78.3 Å². The van der Waals surface area contributed by atoms with E-state index < -0.39 is 14.8 Å². The van der Waals surface area contributed by atoms with E-state index in [-0.39, 0.29) is 34.4 Å². The number of nitro benzene ring substituents is 1. The first-order valence-corrected chi connectivity index (χ1v) is 13.6. The lowest BCUT2D eigenvalue weighted by atomic mass is 10.1. The Kier molecular flexibility index (Phi) is 5.94. The number of thioether (sulfide) groups is 1. The van der Waals surface area contributed by atoms with Crippen LogP contribution in [0.4, 0.5) is 17.1 Å². The molecule has 3 aliphatic rings. The van der Waals surface area contributed by atoms with Gasteiger partial charge in [-0.05, 0) is 36.4 Å². The molecule has 2 saturated heterocycles. The van der Waals surface area contributed by atoms with Crippen molar-refractivity contribution in [1.82, 2.24) is 4.90 Å². The standard InChI is InChI=1S/C22H23N5O5S2/c28-21(26-11-9-25(10-12-26)17-5-7-18(8-6-17)27(29)30)15-1-3-16(4-2-15)23-22-24-19-13-34(31,32)14-20(19)33-22/h1-8,19-20H,9-14H2,(H,23,24)/t19-,20-/m0/s1. The fourth-order valence-electron chi connectivity index (χ4n) is 4.37.